The molecule has 0 N–H and O–H groups in total. The third-order valence-corrected chi connectivity index (χ3v) is 4.06. The fraction of sp³-hybridized carbons (Fsp3) is 0.400. The molecule has 19 heavy (non-hydrogen) atoms. The summed E-state index contributed by atoms with van der Waals surface area (Å²) in [6.45, 7) is 4.95. The maximum absolute atomic E-state index is 6.04. The van der Waals surface area contributed by atoms with Crippen LogP contribution in [-0.4, -0.2) is 29.1 Å². The number of thiophene rings is 1. The number of rotatable bonds is 3. The van der Waals surface area contributed by atoms with E-state index in [0.717, 1.165) is 25.3 Å². The summed E-state index contributed by atoms with van der Waals surface area (Å²) in [5, 5.41) is 4.29. The van der Waals surface area contributed by atoms with Crippen molar-refractivity contribution in [3.63, 3.8) is 0 Å². The number of morpholine rings is 1. The van der Waals surface area contributed by atoms with Gasteiger partial charge in [0.05, 0.1) is 17.9 Å². The first-order valence-electron chi connectivity index (χ1n) is 6.61. The number of pyridine rings is 1. The quantitative estimate of drug-likeness (QED) is 0.860. The Hall–Kier alpha value is -1.23. The minimum absolute atomic E-state index is 0.193. The zero-order chi connectivity index (χ0) is 13.1. The van der Waals surface area contributed by atoms with Gasteiger partial charge in [-0.25, -0.2) is 0 Å². The molecule has 0 aliphatic carbocycles. The summed E-state index contributed by atoms with van der Waals surface area (Å²) in [5.74, 6) is 0. The molecule has 0 bridgehead atoms. The molecule has 0 aromatic carbocycles. The van der Waals surface area contributed by atoms with Crippen LogP contribution in [0, 0.1) is 0 Å². The lowest BCUT2D eigenvalue weighted by molar-refractivity contribution is -0.0815. The van der Waals surface area contributed by atoms with Gasteiger partial charge in [-0.05, 0) is 41.4 Å². The highest BCUT2D eigenvalue weighted by molar-refractivity contribution is 7.07. The minimum atomic E-state index is 0.193. The summed E-state index contributed by atoms with van der Waals surface area (Å²) >= 11 is 1.73. The van der Waals surface area contributed by atoms with E-state index in [1.807, 2.05) is 18.3 Å². The van der Waals surface area contributed by atoms with E-state index in [9.17, 15) is 0 Å². The molecule has 0 spiro atoms. The average Bonchev–Trinajstić information content (AvgIpc) is 2.93. The average molecular weight is 274 g/mol. The van der Waals surface area contributed by atoms with Crippen LogP contribution in [0.25, 0.3) is 0 Å². The maximum Gasteiger partial charge on any atom is 0.0964 e. The van der Waals surface area contributed by atoms with Crippen LogP contribution in [0.5, 0.6) is 0 Å². The van der Waals surface area contributed by atoms with Crippen molar-refractivity contribution < 1.29 is 4.74 Å². The minimum Gasteiger partial charge on any atom is -0.368 e. The van der Waals surface area contributed by atoms with Crippen LogP contribution in [0.1, 0.15) is 24.3 Å². The molecule has 1 saturated heterocycles. The van der Waals surface area contributed by atoms with Crippen molar-refractivity contribution in [1.29, 1.82) is 0 Å². The van der Waals surface area contributed by atoms with Gasteiger partial charge >= 0.3 is 0 Å². The summed E-state index contributed by atoms with van der Waals surface area (Å²) in [4.78, 5) is 6.83. The van der Waals surface area contributed by atoms with Crippen LogP contribution in [0.15, 0.2) is 41.2 Å². The molecule has 3 rings (SSSR count). The van der Waals surface area contributed by atoms with Gasteiger partial charge in [0.25, 0.3) is 0 Å². The Balaban J connectivity index is 1.69. The highest BCUT2D eigenvalue weighted by atomic mass is 32.1. The Kier molecular flexibility index (Phi) is 3.92. The van der Waals surface area contributed by atoms with Gasteiger partial charge in [-0.15, -0.1) is 0 Å². The number of ether oxygens (including phenoxy) is 1. The molecule has 2 unspecified atom stereocenters. The van der Waals surface area contributed by atoms with Crippen LogP contribution in [0.2, 0.25) is 0 Å². The Morgan fingerprint density at radius 2 is 2.32 bits per heavy atom. The molecule has 2 aromatic heterocycles. The third-order valence-electron chi connectivity index (χ3n) is 3.36. The molecule has 100 valence electrons. The van der Waals surface area contributed by atoms with Gasteiger partial charge in [0.2, 0.25) is 0 Å². The molecule has 2 aromatic rings. The van der Waals surface area contributed by atoms with Crippen molar-refractivity contribution in [2.75, 3.05) is 13.1 Å². The molecule has 3 heterocycles. The summed E-state index contributed by atoms with van der Waals surface area (Å²) < 4.78 is 6.04. The number of aromatic nitrogens is 1. The SMILES string of the molecule is CC1CN(Cc2ccccn2)CC(c2ccsc2)O1. The highest BCUT2D eigenvalue weighted by Crippen LogP contribution is 2.27. The molecule has 4 heteroatoms. The molecule has 0 radical (unpaired) electrons. The number of hydrogen-bond acceptors (Lipinski definition) is 4. The second-order valence-electron chi connectivity index (χ2n) is 5.01. The molecule has 3 nitrogen and oxygen atoms in total. The predicted molar refractivity (Wildman–Crippen MR) is 77.1 cm³/mol. The van der Waals surface area contributed by atoms with E-state index in [1.165, 1.54) is 5.56 Å². The molecule has 1 aliphatic heterocycles. The molecule has 0 saturated carbocycles. The van der Waals surface area contributed by atoms with Crippen molar-refractivity contribution >= 4 is 11.3 Å². The Morgan fingerprint density at radius 3 is 3.05 bits per heavy atom. The highest BCUT2D eigenvalue weighted by Gasteiger charge is 2.26. The normalized spacial score (nSPS) is 24.5. The fourth-order valence-corrected chi connectivity index (χ4v) is 3.23. The molecule has 2 atom stereocenters. The van der Waals surface area contributed by atoms with Crippen molar-refractivity contribution in [2.45, 2.75) is 25.7 Å². The van der Waals surface area contributed by atoms with Crippen LogP contribution in [-0.2, 0) is 11.3 Å². The largest absolute Gasteiger partial charge is 0.368 e. The summed E-state index contributed by atoms with van der Waals surface area (Å²) in [6, 6.07) is 8.24. The van der Waals surface area contributed by atoms with Crippen LogP contribution in [0.4, 0.5) is 0 Å². The van der Waals surface area contributed by atoms with Crippen LogP contribution >= 0.6 is 11.3 Å². The van der Waals surface area contributed by atoms with Crippen LogP contribution in [0.3, 0.4) is 0 Å². The van der Waals surface area contributed by atoms with Gasteiger partial charge in [-0.3, -0.25) is 9.88 Å². The van der Waals surface area contributed by atoms with Crippen molar-refractivity contribution in [3.05, 3.63) is 52.5 Å². The van der Waals surface area contributed by atoms with Gasteiger partial charge < -0.3 is 4.74 Å². The number of nitrogens with zero attached hydrogens (tertiary/aromatic N) is 2. The zero-order valence-corrected chi connectivity index (χ0v) is 11.8. The van der Waals surface area contributed by atoms with Gasteiger partial charge in [0.15, 0.2) is 0 Å². The topological polar surface area (TPSA) is 25.4 Å². The molecular formula is C15H18N2OS. The van der Waals surface area contributed by atoms with Gasteiger partial charge in [-0.1, -0.05) is 6.07 Å². The maximum atomic E-state index is 6.04. The summed E-state index contributed by atoms with van der Waals surface area (Å²) in [7, 11) is 0. The molecule has 0 amide bonds. The zero-order valence-electron chi connectivity index (χ0n) is 11.0. The van der Waals surface area contributed by atoms with Crippen molar-refractivity contribution in [3.8, 4) is 0 Å². The Morgan fingerprint density at radius 1 is 1.37 bits per heavy atom. The lowest BCUT2D eigenvalue weighted by Crippen LogP contribution is -2.42. The van der Waals surface area contributed by atoms with Gasteiger partial charge in [-0.2, -0.15) is 11.3 Å². The Labute approximate surface area is 117 Å². The molecular weight excluding hydrogens is 256 g/mol. The van der Waals surface area contributed by atoms with E-state index < -0.39 is 0 Å². The number of hydrogen-bond donors (Lipinski definition) is 0. The smallest absolute Gasteiger partial charge is 0.0964 e. The van der Waals surface area contributed by atoms with E-state index >= 15 is 0 Å². The second kappa shape index (κ2) is 5.82. The van der Waals surface area contributed by atoms with E-state index in [1.54, 1.807) is 11.3 Å². The third kappa shape index (κ3) is 3.21. The van der Waals surface area contributed by atoms with Crippen LogP contribution < -0.4 is 0 Å². The van der Waals surface area contributed by atoms with E-state index in [0.29, 0.717) is 0 Å². The van der Waals surface area contributed by atoms with Gasteiger partial charge in [0, 0.05) is 25.8 Å². The lowest BCUT2D eigenvalue weighted by Gasteiger charge is -2.36. The van der Waals surface area contributed by atoms with E-state index in [-0.39, 0.29) is 12.2 Å². The van der Waals surface area contributed by atoms with E-state index in [4.69, 9.17) is 4.74 Å². The Bertz CT molecular complexity index is 500. The summed E-state index contributed by atoms with van der Waals surface area (Å²) in [5.41, 5.74) is 2.42. The van der Waals surface area contributed by atoms with E-state index in [2.05, 4.69) is 39.7 Å². The first-order valence-corrected chi connectivity index (χ1v) is 7.55. The monoisotopic (exact) mass is 274 g/mol. The first kappa shape index (κ1) is 12.8. The van der Waals surface area contributed by atoms with Crippen molar-refractivity contribution in [2.24, 2.45) is 0 Å². The van der Waals surface area contributed by atoms with Crippen molar-refractivity contribution in [1.82, 2.24) is 9.88 Å². The standard InChI is InChI=1S/C15H18N2OS/c1-12-8-17(9-14-4-2-3-6-16-14)10-15(18-12)13-5-7-19-11-13/h2-7,11-12,15H,8-10H2,1H3. The lowest BCUT2D eigenvalue weighted by atomic mass is 10.1. The first-order chi connectivity index (χ1) is 9.31. The van der Waals surface area contributed by atoms with Gasteiger partial charge in [0.1, 0.15) is 0 Å². The fourth-order valence-electron chi connectivity index (χ4n) is 2.53. The molecule has 1 fully saturated rings. The predicted octanol–water partition coefficient (Wildman–Crippen LogP) is 3.11. The molecule has 1 aliphatic rings. The second-order valence-corrected chi connectivity index (χ2v) is 5.79. The summed E-state index contributed by atoms with van der Waals surface area (Å²) in [6.07, 6.45) is 2.32.